The first kappa shape index (κ1) is 18.5. The van der Waals surface area contributed by atoms with E-state index >= 15 is 0 Å². The number of carbonyl (C=O) groups excluding carboxylic acids is 1. The summed E-state index contributed by atoms with van der Waals surface area (Å²) in [4.78, 5) is 23.9. The summed E-state index contributed by atoms with van der Waals surface area (Å²) in [5.41, 5.74) is 0.161. The Bertz CT molecular complexity index is 556. The van der Waals surface area contributed by atoms with Gasteiger partial charge < -0.3 is 15.5 Å². The molecule has 24 heavy (non-hydrogen) atoms. The quantitative estimate of drug-likeness (QED) is 0.746. The fourth-order valence-corrected chi connectivity index (χ4v) is 3.40. The predicted molar refractivity (Wildman–Crippen MR) is 91.5 cm³/mol. The molecule has 1 aromatic rings. The van der Waals surface area contributed by atoms with Crippen LogP contribution in [0.1, 0.15) is 45.1 Å². The zero-order valence-corrected chi connectivity index (χ0v) is 14.4. The van der Waals surface area contributed by atoms with Crippen LogP contribution in [0.4, 0.5) is 0 Å². The maximum atomic E-state index is 12.4. The summed E-state index contributed by atoms with van der Waals surface area (Å²) in [5.74, 6) is -1.17. The maximum Gasteiger partial charge on any atom is 0.326 e. The Labute approximate surface area is 143 Å². The van der Waals surface area contributed by atoms with E-state index < -0.39 is 17.6 Å². The normalized spacial score (nSPS) is 22.6. The molecule has 1 atom stereocenters. The smallest absolute Gasteiger partial charge is 0.326 e. The summed E-state index contributed by atoms with van der Waals surface area (Å²) >= 11 is 0. The van der Waals surface area contributed by atoms with Crippen molar-refractivity contribution in [3.63, 3.8) is 0 Å². The molecule has 0 saturated heterocycles. The lowest BCUT2D eigenvalue weighted by molar-refractivity contribution is -0.142. The highest BCUT2D eigenvalue weighted by Gasteiger charge is 2.34. The van der Waals surface area contributed by atoms with Crippen LogP contribution in [0.2, 0.25) is 0 Å². The van der Waals surface area contributed by atoms with Crippen LogP contribution < -0.4 is 5.32 Å². The van der Waals surface area contributed by atoms with Crippen molar-refractivity contribution >= 4 is 11.9 Å². The van der Waals surface area contributed by atoms with Gasteiger partial charge in [0.2, 0.25) is 5.91 Å². The summed E-state index contributed by atoms with van der Waals surface area (Å²) in [6, 6.07) is 8.39. The first-order valence-electron chi connectivity index (χ1n) is 8.57. The number of aliphatic carboxylic acids is 1. The van der Waals surface area contributed by atoms with Gasteiger partial charge in [0.15, 0.2) is 0 Å². The molecule has 0 bridgehead atoms. The number of benzene rings is 1. The molecule has 132 valence electrons. The molecule has 1 amide bonds. The van der Waals surface area contributed by atoms with E-state index in [1.807, 2.05) is 30.3 Å². The molecule has 5 heteroatoms. The van der Waals surface area contributed by atoms with Gasteiger partial charge in [0.05, 0.1) is 5.60 Å². The molecule has 1 fully saturated rings. The standard InChI is InChI=1S/C19H27NO4/c1-19(2,24)15-10-8-14(9-11-15)17(21)20-16(18(22)23)12-13-6-4-3-5-7-13/h3-7,14-16,24H,8-12H2,1-2H3,(H,20,21)(H,22,23). The monoisotopic (exact) mass is 333 g/mol. The van der Waals surface area contributed by atoms with Crippen molar-refractivity contribution < 1.29 is 19.8 Å². The Morgan fingerprint density at radius 3 is 2.25 bits per heavy atom. The van der Waals surface area contributed by atoms with Crippen molar-refractivity contribution in [1.82, 2.24) is 5.32 Å². The first-order valence-corrected chi connectivity index (χ1v) is 8.57. The largest absolute Gasteiger partial charge is 0.480 e. The van der Waals surface area contributed by atoms with Gasteiger partial charge in [-0.2, -0.15) is 0 Å². The molecular weight excluding hydrogens is 306 g/mol. The molecule has 2 rings (SSSR count). The van der Waals surface area contributed by atoms with Gasteiger partial charge in [-0.15, -0.1) is 0 Å². The van der Waals surface area contributed by atoms with Crippen molar-refractivity contribution in [3.8, 4) is 0 Å². The predicted octanol–water partition coefficient (Wildman–Crippen LogP) is 2.38. The Hall–Kier alpha value is -1.88. The van der Waals surface area contributed by atoms with Gasteiger partial charge in [0, 0.05) is 12.3 Å². The SMILES string of the molecule is CC(C)(O)C1CCC(C(=O)NC(Cc2ccccc2)C(=O)O)CC1. The van der Waals surface area contributed by atoms with Crippen LogP contribution in [-0.2, 0) is 16.0 Å². The minimum absolute atomic E-state index is 0.166. The van der Waals surface area contributed by atoms with Crippen molar-refractivity contribution in [2.24, 2.45) is 11.8 Å². The Morgan fingerprint density at radius 1 is 1.17 bits per heavy atom. The van der Waals surface area contributed by atoms with Gasteiger partial charge >= 0.3 is 5.97 Å². The van der Waals surface area contributed by atoms with Crippen LogP contribution in [0.5, 0.6) is 0 Å². The number of carbonyl (C=O) groups is 2. The molecule has 1 saturated carbocycles. The van der Waals surface area contributed by atoms with E-state index in [0.717, 1.165) is 18.4 Å². The topological polar surface area (TPSA) is 86.6 Å². The summed E-state index contributed by atoms with van der Waals surface area (Å²) in [6.45, 7) is 3.61. The van der Waals surface area contributed by atoms with Gasteiger partial charge in [-0.05, 0) is 51.0 Å². The molecular formula is C19H27NO4. The fourth-order valence-electron chi connectivity index (χ4n) is 3.40. The van der Waals surface area contributed by atoms with E-state index in [-0.39, 0.29) is 24.2 Å². The maximum absolute atomic E-state index is 12.4. The number of aliphatic hydroxyl groups is 1. The van der Waals surface area contributed by atoms with E-state index in [9.17, 15) is 19.8 Å². The van der Waals surface area contributed by atoms with E-state index in [4.69, 9.17) is 0 Å². The summed E-state index contributed by atoms with van der Waals surface area (Å²) < 4.78 is 0. The average molecular weight is 333 g/mol. The number of rotatable bonds is 6. The molecule has 3 N–H and O–H groups in total. The molecule has 1 unspecified atom stereocenters. The number of nitrogens with one attached hydrogen (secondary N) is 1. The molecule has 0 heterocycles. The molecule has 1 aromatic carbocycles. The molecule has 0 spiro atoms. The zero-order chi connectivity index (χ0) is 17.7. The van der Waals surface area contributed by atoms with Gasteiger partial charge in [-0.25, -0.2) is 4.79 Å². The van der Waals surface area contributed by atoms with Crippen molar-refractivity contribution in [1.29, 1.82) is 0 Å². The zero-order valence-electron chi connectivity index (χ0n) is 14.4. The third-order valence-corrected chi connectivity index (χ3v) is 4.99. The van der Waals surface area contributed by atoms with E-state index in [2.05, 4.69) is 5.32 Å². The highest BCUT2D eigenvalue weighted by molar-refractivity contribution is 5.85. The van der Waals surface area contributed by atoms with Crippen LogP contribution in [0.3, 0.4) is 0 Å². The van der Waals surface area contributed by atoms with Crippen LogP contribution in [0, 0.1) is 11.8 Å². The highest BCUT2D eigenvalue weighted by Crippen LogP contribution is 2.35. The van der Waals surface area contributed by atoms with Crippen LogP contribution in [-0.4, -0.2) is 33.7 Å². The third kappa shape index (κ3) is 5.06. The molecule has 0 radical (unpaired) electrons. The number of hydrogen-bond donors (Lipinski definition) is 3. The molecule has 1 aliphatic rings. The lowest BCUT2D eigenvalue weighted by Gasteiger charge is -2.35. The Morgan fingerprint density at radius 2 is 1.75 bits per heavy atom. The van der Waals surface area contributed by atoms with Crippen LogP contribution in [0.25, 0.3) is 0 Å². The van der Waals surface area contributed by atoms with E-state index in [1.165, 1.54) is 0 Å². The van der Waals surface area contributed by atoms with E-state index in [1.54, 1.807) is 13.8 Å². The summed E-state index contributed by atoms with van der Waals surface area (Å²) in [5, 5.41) is 22.1. The number of hydrogen-bond acceptors (Lipinski definition) is 3. The third-order valence-electron chi connectivity index (χ3n) is 4.99. The van der Waals surface area contributed by atoms with Crippen molar-refractivity contribution in [3.05, 3.63) is 35.9 Å². The second-order valence-corrected chi connectivity index (χ2v) is 7.29. The minimum Gasteiger partial charge on any atom is -0.480 e. The van der Waals surface area contributed by atoms with Gasteiger partial charge in [0.1, 0.15) is 6.04 Å². The van der Waals surface area contributed by atoms with E-state index in [0.29, 0.717) is 12.8 Å². The fraction of sp³-hybridized carbons (Fsp3) is 0.579. The number of carboxylic acid groups (broad SMARTS) is 1. The molecule has 0 aliphatic heterocycles. The molecule has 5 nitrogen and oxygen atoms in total. The van der Waals surface area contributed by atoms with Gasteiger partial charge in [-0.1, -0.05) is 30.3 Å². The average Bonchev–Trinajstić information content (AvgIpc) is 2.54. The second-order valence-electron chi connectivity index (χ2n) is 7.29. The first-order chi connectivity index (χ1) is 11.3. The number of amides is 1. The highest BCUT2D eigenvalue weighted by atomic mass is 16.4. The Balaban J connectivity index is 1.91. The lowest BCUT2D eigenvalue weighted by atomic mass is 9.74. The van der Waals surface area contributed by atoms with Gasteiger partial charge in [0.25, 0.3) is 0 Å². The summed E-state index contributed by atoms with van der Waals surface area (Å²) in [6.07, 6.45) is 3.24. The second kappa shape index (κ2) is 7.79. The van der Waals surface area contributed by atoms with Crippen LogP contribution >= 0.6 is 0 Å². The lowest BCUT2D eigenvalue weighted by Crippen LogP contribution is -2.46. The Kier molecular flexibility index (Phi) is 5.99. The molecule has 1 aliphatic carbocycles. The molecule has 0 aromatic heterocycles. The van der Waals surface area contributed by atoms with Crippen LogP contribution in [0.15, 0.2) is 30.3 Å². The minimum atomic E-state index is -1.02. The van der Waals surface area contributed by atoms with Crippen molar-refractivity contribution in [2.45, 2.75) is 57.6 Å². The summed E-state index contributed by atoms with van der Waals surface area (Å²) in [7, 11) is 0. The van der Waals surface area contributed by atoms with Crippen molar-refractivity contribution in [2.75, 3.05) is 0 Å². The number of carboxylic acids is 1. The van der Waals surface area contributed by atoms with Gasteiger partial charge in [-0.3, -0.25) is 4.79 Å².